The van der Waals surface area contributed by atoms with Crippen LogP contribution in [0.15, 0.2) is 18.3 Å². The van der Waals surface area contributed by atoms with Crippen LogP contribution in [0, 0.1) is 17.1 Å². The molecule has 0 aliphatic carbocycles. The molecule has 0 spiro atoms. The maximum atomic E-state index is 14.7. The van der Waals surface area contributed by atoms with Crippen molar-refractivity contribution >= 4 is 11.2 Å². The Morgan fingerprint density at radius 1 is 1.27 bits per heavy atom. The molecule has 0 amide bonds. The number of aromatic nitrogens is 4. The van der Waals surface area contributed by atoms with Crippen LogP contribution in [0.1, 0.15) is 49.5 Å². The van der Waals surface area contributed by atoms with Gasteiger partial charge in [0.05, 0.1) is 48.1 Å². The normalized spacial score (nSPS) is 22.6. The predicted molar refractivity (Wildman–Crippen MR) is 119 cm³/mol. The Morgan fingerprint density at radius 3 is 2.79 bits per heavy atom. The number of aliphatic hydroxyl groups excluding tert-OH is 1. The van der Waals surface area contributed by atoms with Crippen molar-refractivity contribution in [3.63, 3.8) is 0 Å². The number of anilines is 1. The van der Waals surface area contributed by atoms with Gasteiger partial charge in [-0.1, -0.05) is 0 Å². The van der Waals surface area contributed by atoms with Crippen LogP contribution in [0.4, 0.5) is 10.1 Å². The van der Waals surface area contributed by atoms with Gasteiger partial charge in [-0.3, -0.25) is 9.58 Å². The third-order valence-corrected chi connectivity index (χ3v) is 6.85. The van der Waals surface area contributed by atoms with Crippen molar-refractivity contribution in [2.45, 2.75) is 58.0 Å². The Kier molecular flexibility index (Phi) is 5.16. The van der Waals surface area contributed by atoms with Crippen molar-refractivity contribution < 1.29 is 14.6 Å². The fourth-order valence-corrected chi connectivity index (χ4v) is 5.14. The summed E-state index contributed by atoms with van der Waals surface area (Å²) < 4.78 is 18.1. The van der Waals surface area contributed by atoms with E-state index >= 15 is 0 Å². The molecule has 174 valence electrons. The maximum absolute atomic E-state index is 14.7. The second-order valence-electron chi connectivity index (χ2n) is 9.63. The number of fused-ring (bicyclic) bond motifs is 4. The zero-order chi connectivity index (χ0) is 23.5. The number of nitriles is 1. The van der Waals surface area contributed by atoms with Gasteiger partial charge in [-0.2, -0.15) is 15.5 Å². The number of nitrogens with zero attached hydrogens (tertiary/aromatic N) is 7. The van der Waals surface area contributed by atoms with E-state index in [4.69, 9.17) is 5.10 Å². The van der Waals surface area contributed by atoms with Crippen molar-refractivity contribution in [1.29, 1.82) is 5.26 Å². The fourth-order valence-electron chi connectivity index (χ4n) is 5.14. The lowest BCUT2D eigenvalue weighted by Gasteiger charge is -2.38. The lowest BCUT2D eigenvalue weighted by Crippen LogP contribution is -2.49. The summed E-state index contributed by atoms with van der Waals surface area (Å²) in [5.41, 5.74) is 3.47. The van der Waals surface area contributed by atoms with E-state index in [0.29, 0.717) is 37.4 Å². The summed E-state index contributed by atoms with van der Waals surface area (Å²) in [6, 6.07) is 5.80. The first-order chi connectivity index (χ1) is 15.7. The Balaban J connectivity index is 1.50. The lowest BCUT2D eigenvalue weighted by molar-refractivity contribution is -0.0372. The molecule has 9 nitrogen and oxygen atoms in total. The molecule has 3 aromatic heterocycles. The molecule has 0 saturated carbocycles. The summed E-state index contributed by atoms with van der Waals surface area (Å²) in [5.74, 6) is -0.448. The van der Waals surface area contributed by atoms with E-state index in [0.717, 1.165) is 24.0 Å². The van der Waals surface area contributed by atoms with Gasteiger partial charge >= 0.3 is 0 Å². The maximum Gasteiger partial charge on any atom is 0.171 e. The van der Waals surface area contributed by atoms with Crippen LogP contribution in [0.5, 0.6) is 0 Å². The molecule has 2 aliphatic rings. The van der Waals surface area contributed by atoms with Crippen molar-refractivity contribution in [2.75, 3.05) is 24.6 Å². The average molecular weight is 454 g/mol. The van der Waals surface area contributed by atoms with E-state index in [1.165, 1.54) is 10.1 Å². The van der Waals surface area contributed by atoms with E-state index < -0.39 is 11.4 Å². The number of rotatable bonds is 4. The number of aliphatic hydroxyl groups is 2. The Labute approximate surface area is 191 Å². The van der Waals surface area contributed by atoms with Gasteiger partial charge in [0.2, 0.25) is 0 Å². The largest absolute Gasteiger partial charge is 0.393 e. The molecule has 0 fully saturated rings. The number of halogens is 1. The zero-order valence-corrected chi connectivity index (χ0v) is 19.0. The summed E-state index contributed by atoms with van der Waals surface area (Å²) in [7, 11) is 0. The number of pyridine rings is 1. The third-order valence-electron chi connectivity index (χ3n) is 6.85. The summed E-state index contributed by atoms with van der Waals surface area (Å²) in [4.78, 5) is 4.29. The quantitative estimate of drug-likeness (QED) is 0.618. The van der Waals surface area contributed by atoms with Crippen molar-refractivity contribution in [1.82, 2.24) is 24.3 Å². The minimum absolute atomic E-state index is 0.0744. The van der Waals surface area contributed by atoms with Crippen LogP contribution in [0.25, 0.3) is 5.52 Å². The Morgan fingerprint density at radius 2 is 2.06 bits per heavy atom. The second-order valence-corrected chi connectivity index (χ2v) is 9.63. The average Bonchev–Trinajstić information content (AvgIpc) is 3.34. The van der Waals surface area contributed by atoms with Crippen LogP contribution < -0.4 is 4.90 Å². The first-order valence-corrected chi connectivity index (χ1v) is 11.2. The highest BCUT2D eigenvalue weighted by Gasteiger charge is 2.36. The van der Waals surface area contributed by atoms with Gasteiger partial charge in [-0.15, -0.1) is 0 Å². The molecule has 0 saturated heterocycles. The van der Waals surface area contributed by atoms with Crippen LogP contribution in [-0.2, 0) is 19.5 Å². The van der Waals surface area contributed by atoms with Gasteiger partial charge in [0.1, 0.15) is 17.3 Å². The number of β-amino-alcohol motifs (C(OH)–C–C–N with tert-alkyl or cyclic N) is 1. The van der Waals surface area contributed by atoms with Crippen LogP contribution in [0.2, 0.25) is 0 Å². The summed E-state index contributed by atoms with van der Waals surface area (Å²) >= 11 is 0. The first-order valence-electron chi connectivity index (χ1n) is 11.2. The van der Waals surface area contributed by atoms with Gasteiger partial charge in [0, 0.05) is 31.2 Å². The van der Waals surface area contributed by atoms with Crippen molar-refractivity contribution in [3.8, 4) is 6.07 Å². The molecule has 0 bridgehead atoms. The topological polar surface area (TPSA) is 106 Å². The molecule has 0 aromatic carbocycles. The predicted octanol–water partition coefficient (Wildman–Crippen LogP) is 1.61. The highest BCUT2D eigenvalue weighted by molar-refractivity contribution is 5.75. The minimum atomic E-state index is -1.16. The van der Waals surface area contributed by atoms with Crippen molar-refractivity contribution in [2.24, 2.45) is 0 Å². The lowest BCUT2D eigenvalue weighted by atomic mass is 9.95. The highest BCUT2D eigenvalue weighted by atomic mass is 19.1. The summed E-state index contributed by atoms with van der Waals surface area (Å²) in [5, 5.41) is 38.1. The highest BCUT2D eigenvalue weighted by Crippen LogP contribution is 2.35. The Hall–Kier alpha value is -3.00. The van der Waals surface area contributed by atoms with Crippen molar-refractivity contribution in [3.05, 3.63) is 46.8 Å². The van der Waals surface area contributed by atoms with Crippen LogP contribution in [-0.4, -0.2) is 65.8 Å². The summed E-state index contributed by atoms with van der Waals surface area (Å²) in [6.45, 7) is 7.78. The molecule has 33 heavy (non-hydrogen) atoms. The molecule has 2 aliphatic heterocycles. The van der Waals surface area contributed by atoms with E-state index in [-0.39, 0.29) is 24.4 Å². The fraction of sp³-hybridized carbons (Fsp3) is 0.522. The standard InChI is InChI=1S/C23H28FN7O2/c1-14-6-17-19(10-29(14)12-23(3,33)13-32)27-30-15(2)9-28(11-21(17)30)20-5-4-16(7-25)31-22(20)18(24)8-26-31/h4-5,8,14-15,32-33H,6,9-13H2,1-3H3/t14-,15+,23-/m0/s1. The molecular weight excluding hydrogens is 425 g/mol. The van der Waals surface area contributed by atoms with Gasteiger partial charge < -0.3 is 15.1 Å². The van der Waals surface area contributed by atoms with Gasteiger partial charge in [-0.25, -0.2) is 8.91 Å². The first kappa shape index (κ1) is 21.8. The molecule has 3 atom stereocenters. The molecule has 3 aromatic rings. The molecular formula is C23H28FN7O2. The van der Waals surface area contributed by atoms with Gasteiger partial charge in [0.15, 0.2) is 5.82 Å². The molecule has 2 N–H and O–H groups in total. The summed E-state index contributed by atoms with van der Waals surface area (Å²) in [6.07, 6.45) is 1.94. The number of hydrogen-bond donors (Lipinski definition) is 2. The van der Waals surface area contributed by atoms with E-state index in [1.807, 2.05) is 0 Å². The minimum Gasteiger partial charge on any atom is -0.393 e. The van der Waals surface area contributed by atoms with E-state index in [1.54, 1.807) is 19.1 Å². The second kappa shape index (κ2) is 7.80. The van der Waals surface area contributed by atoms with E-state index in [9.17, 15) is 19.9 Å². The zero-order valence-electron chi connectivity index (χ0n) is 19.0. The van der Waals surface area contributed by atoms with Gasteiger partial charge in [0.25, 0.3) is 0 Å². The number of hydrogen-bond acceptors (Lipinski definition) is 7. The molecule has 5 rings (SSSR count). The monoisotopic (exact) mass is 453 g/mol. The molecule has 0 radical (unpaired) electrons. The smallest absolute Gasteiger partial charge is 0.171 e. The third kappa shape index (κ3) is 3.57. The van der Waals surface area contributed by atoms with Crippen LogP contribution in [0.3, 0.4) is 0 Å². The Bertz CT molecular complexity index is 1260. The van der Waals surface area contributed by atoms with Crippen LogP contribution >= 0.6 is 0 Å². The molecule has 10 heteroatoms. The van der Waals surface area contributed by atoms with E-state index in [2.05, 4.69) is 39.5 Å². The molecule has 0 unspecified atom stereocenters. The molecule has 5 heterocycles. The van der Waals surface area contributed by atoms with Gasteiger partial charge in [-0.05, 0) is 39.3 Å². The SMILES string of the molecule is C[C@@H]1CN(c2ccc(C#N)n3ncc(F)c23)Cc2c3c(nn21)CN(C[C@](C)(O)CO)[C@@H](C)C3.